The number of rotatable bonds is 5. The number of benzene rings is 1. The van der Waals surface area contributed by atoms with E-state index in [1.807, 2.05) is 0 Å². The summed E-state index contributed by atoms with van der Waals surface area (Å²) in [6, 6.07) is 2.65. The van der Waals surface area contributed by atoms with Crippen molar-refractivity contribution in [3.8, 4) is 11.5 Å². The third-order valence-electron chi connectivity index (χ3n) is 6.90. The van der Waals surface area contributed by atoms with Gasteiger partial charge >= 0.3 is 11.7 Å². The topological polar surface area (TPSA) is 98.9 Å². The highest BCUT2D eigenvalue weighted by Gasteiger charge is 2.62. The largest absolute Gasteiger partial charge is 0.504 e. The van der Waals surface area contributed by atoms with Crippen LogP contribution in [0, 0.1) is 26.9 Å². The number of nitrogens with zero attached hydrogens (tertiary/aromatic N) is 1. The van der Waals surface area contributed by atoms with Crippen LogP contribution in [-0.2, 0) is 9.53 Å². The molecule has 0 spiro atoms. The molecule has 0 heterocycles. The minimum atomic E-state index is -0.650. The number of carbonyl (C=O) groups is 1. The van der Waals surface area contributed by atoms with Gasteiger partial charge in [-0.05, 0) is 48.8 Å². The molecule has 3 atom stereocenters. The van der Waals surface area contributed by atoms with E-state index in [-0.39, 0.29) is 34.0 Å². The van der Waals surface area contributed by atoms with Crippen LogP contribution in [0.3, 0.4) is 0 Å². The summed E-state index contributed by atoms with van der Waals surface area (Å²) >= 11 is 0. The molecular formula is C20H25NO6. The molecule has 7 heteroatoms. The number of nitro benzene ring substituents is 1. The van der Waals surface area contributed by atoms with Crippen molar-refractivity contribution in [1.29, 1.82) is 0 Å². The van der Waals surface area contributed by atoms with E-state index >= 15 is 0 Å². The lowest BCUT2D eigenvalue weighted by molar-refractivity contribution is -0.386. The van der Waals surface area contributed by atoms with Crippen LogP contribution in [0.1, 0.15) is 45.6 Å². The van der Waals surface area contributed by atoms with Crippen molar-refractivity contribution in [2.75, 3.05) is 7.11 Å². The van der Waals surface area contributed by atoms with Gasteiger partial charge in [0, 0.05) is 11.5 Å². The third-order valence-corrected chi connectivity index (χ3v) is 6.90. The van der Waals surface area contributed by atoms with Crippen LogP contribution in [0.25, 0.3) is 6.08 Å². The van der Waals surface area contributed by atoms with E-state index in [2.05, 4.69) is 20.8 Å². The SMILES string of the molecule is COc1c(O)ccc(/C=C/C(=O)OC2CC3CCC2(C)C3(C)C)c1[N+](=O)[O-]. The van der Waals surface area contributed by atoms with Gasteiger partial charge in [-0.15, -0.1) is 0 Å². The third kappa shape index (κ3) is 2.95. The first-order chi connectivity index (χ1) is 12.6. The van der Waals surface area contributed by atoms with Crippen LogP contribution in [-0.4, -0.2) is 29.2 Å². The molecule has 2 fully saturated rings. The van der Waals surface area contributed by atoms with Gasteiger partial charge in [0.05, 0.1) is 17.6 Å². The average Bonchev–Trinajstić information content (AvgIpc) is 2.93. The van der Waals surface area contributed by atoms with Crippen LogP contribution in [0.5, 0.6) is 11.5 Å². The molecule has 27 heavy (non-hydrogen) atoms. The highest BCUT2D eigenvalue weighted by molar-refractivity contribution is 5.88. The van der Waals surface area contributed by atoms with Gasteiger partial charge in [-0.2, -0.15) is 0 Å². The van der Waals surface area contributed by atoms with E-state index in [1.54, 1.807) is 0 Å². The van der Waals surface area contributed by atoms with Gasteiger partial charge in [0.25, 0.3) is 0 Å². The quantitative estimate of drug-likeness (QED) is 0.360. The minimum absolute atomic E-state index is 0.0467. The fourth-order valence-electron chi connectivity index (χ4n) is 4.75. The first kappa shape index (κ1) is 19.2. The van der Waals surface area contributed by atoms with Crippen molar-refractivity contribution in [1.82, 2.24) is 0 Å². The molecule has 1 aromatic carbocycles. The number of esters is 1. The predicted molar refractivity (Wildman–Crippen MR) is 99.5 cm³/mol. The number of ether oxygens (including phenoxy) is 2. The lowest BCUT2D eigenvalue weighted by Crippen LogP contribution is -2.38. The fourth-order valence-corrected chi connectivity index (χ4v) is 4.75. The van der Waals surface area contributed by atoms with Crippen molar-refractivity contribution in [2.45, 2.75) is 46.1 Å². The summed E-state index contributed by atoms with van der Waals surface area (Å²) in [5.41, 5.74) is -0.152. The Labute approximate surface area is 158 Å². The molecule has 2 aliphatic carbocycles. The van der Waals surface area contributed by atoms with Crippen LogP contribution in [0.2, 0.25) is 0 Å². The number of fused-ring (bicyclic) bond motifs is 2. The second-order valence-corrected chi connectivity index (χ2v) is 8.18. The molecule has 2 saturated carbocycles. The Balaban J connectivity index is 1.78. The second-order valence-electron chi connectivity index (χ2n) is 8.18. The number of hydrogen-bond donors (Lipinski definition) is 1. The maximum absolute atomic E-state index is 12.3. The zero-order valence-electron chi connectivity index (χ0n) is 16.0. The highest BCUT2D eigenvalue weighted by Crippen LogP contribution is 2.66. The van der Waals surface area contributed by atoms with Gasteiger partial charge in [-0.1, -0.05) is 20.8 Å². The summed E-state index contributed by atoms with van der Waals surface area (Å²) < 4.78 is 10.6. The van der Waals surface area contributed by atoms with Crippen LogP contribution >= 0.6 is 0 Å². The molecule has 0 aromatic heterocycles. The van der Waals surface area contributed by atoms with Crippen LogP contribution in [0.15, 0.2) is 18.2 Å². The minimum Gasteiger partial charge on any atom is -0.504 e. The molecule has 0 aliphatic heterocycles. The number of hydrogen-bond acceptors (Lipinski definition) is 6. The number of methoxy groups -OCH3 is 1. The number of nitro groups is 1. The molecule has 0 radical (unpaired) electrons. The first-order valence-corrected chi connectivity index (χ1v) is 9.05. The van der Waals surface area contributed by atoms with Crippen molar-refractivity contribution in [2.24, 2.45) is 16.7 Å². The Kier molecular flexibility index (Phi) is 4.66. The Morgan fingerprint density at radius 2 is 2.07 bits per heavy atom. The Morgan fingerprint density at radius 3 is 2.59 bits per heavy atom. The zero-order chi connectivity index (χ0) is 20.0. The molecule has 0 amide bonds. The van der Waals surface area contributed by atoms with Crippen LogP contribution in [0.4, 0.5) is 5.69 Å². The lowest BCUT2D eigenvalue weighted by Gasteiger charge is -2.38. The van der Waals surface area contributed by atoms with Crippen molar-refractivity contribution in [3.05, 3.63) is 33.9 Å². The van der Waals surface area contributed by atoms with Crippen molar-refractivity contribution in [3.63, 3.8) is 0 Å². The molecular weight excluding hydrogens is 350 g/mol. The average molecular weight is 375 g/mol. The zero-order valence-corrected chi connectivity index (χ0v) is 16.0. The maximum atomic E-state index is 12.3. The number of phenols is 1. The summed E-state index contributed by atoms with van der Waals surface area (Å²) in [6.45, 7) is 6.65. The van der Waals surface area contributed by atoms with Gasteiger partial charge in [-0.3, -0.25) is 10.1 Å². The van der Waals surface area contributed by atoms with Crippen LogP contribution < -0.4 is 4.74 Å². The first-order valence-electron chi connectivity index (χ1n) is 9.05. The normalized spacial score (nSPS) is 28.4. The fraction of sp³-hybridized carbons (Fsp3) is 0.550. The summed E-state index contributed by atoms with van der Waals surface area (Å²) in [6.07, 6.45) is 5.42. The lowest BCUT2D eigenvalue weighted by atomic mass is 9.70. The molecule has 3 unspecified atom stereocenters. The molecule has 146 valence electrons. The predicted octanol–water partition coefficient (Wildman–Crippen LogP) is 4.08. The van der Waals surface area contributed by atoms with Gasteiger partial charge in [0.15, 0.2) is 5.75 Å². The van der Waals surface area contributed by atoms with Crippen molar-refractivity contribution >= 4 is 17.7 Å². The summed E-state index contributed by atoms with van der Waals surface area (Å²) in [5, 5.41) is 21.1. The molecule has 1 aromatic rings. The van der Waals surface area contributed by atoms with Crippen molar-refractivity contribution < 1.29 is 24.3 Å². The van der Waals surface area contributed by atoms with E-state index < -0.39 is 16.6 Å². The van der Waals surface area contributed by atoms with Gasteiger partial charge < -0.3 is 14.6 Å². The van der Waals surface area contributed by atoms with Gasteiger partial charge in [0.1, 0.15) is 6.10 Å². The highest BCUT2D eigenvalue weighted by atomic mass is 16.6. The number of phenolic OH excluding ortho intramolecular Hbond substituents is 1. The van der Waals surface area contributed by atoms with Gasteiger partial charge in [0.2, 0.25) is 5.75 Å². The van der Waals surface area contributed by atoms with E-state index in [9.17, 15) is 20.0 Å². The molecule has 2 aliphatic rings. The molecule has 2 bridgehead atoms. The van der Waals surface area contributed by atoms with E-state index in [0.717, 1.165) is 19.3 Å². The monoisotopic (exact) mass is 375 g/mol. The summed E-state index contributed by atoms with van der Waals surface area (Å²) in [5.74, 6) is -0.545. The summed E-state index contributed by atoms with van der Waals surface area (Å²) in [4.78, 5) is 23.0. The van der Waals surface area contributed by atoms with E-state index in [0.29, 0.717) is 5.92 Å². The summed E-state index contributed by atoms with van der Waals surface area (Å²) in [7, 11) is 1.24. The maximum Gasteiger partial charge on any atom is 0.331 e. The Hall–Kier alpha value is -2.57. The van der Waals surface area contributed by atoms with E-state index in [1.165, 1.54) is 31.4 Å². The van der Waals surface area contributed by atoms with E-state index in [4.69, 9.17) is 9.47 Å². The molecule has 3 rings (SSSR count). The standard InChI is InChI=1S/C20H25NO6/c1-19(2)13-9-10-20(19,3)15(11-13)27-16(23)8-6-12-5-7-14(22)18(26-4)17(12)21(24)25/h5-8,13,15,22H,9-11H2,1-4H3/b8-6+. The Bertz CT molecular complexity index is 815. The molecule has 7 nitrogen and oxygen atoms in total. The smallest absolute Gasteiger partial charge is 0.331 e. The Morgan fingerprint density at radius 1 is 1.37 bits per heavy atom. The second kappa shape index (κ2) is 6.55. The molecule has 1 N–H and O–H groups in total. The van der Waals surface area contributed by atoms with Gasteiger partial charge in [-0.25, -0.2) is 4.79 Å². The number of aromatic hydroxyl groups is 1. The molecule has 0 saturated heterocycles. The number of carbonyl (C=O) groups excluding carboxylic acids is 1.